The molecule has 1 aromatic rings. The second-order valence-corrected chi connectivity index (χ2v) is 5.16. The van der Waals surface area contributed by atoms with E-state index in [-0.39, 0.29) is 17.8 Å². The fourth-order valence-electron chi connectivity index (χ4n) is 2.85. The molecule has 0 bridgehead atoms. The molecule has 18 heavy (non-hydrogen) atoms. The Morgan fingerprint density at radius 2 is 2.33 bits per heavy atom. The number of aliphatic hydroxyl groups is 1. The Hall–Kier alpha value is -1.13. The van der Waals surface area contributed by atoms with E-state index in [2.05, 4.69) is 4.90 Å². The summed E-state index contributed by atoms with van der Waals surface area (Å²) >= 11 is 0. The van der Waals surface area contributed by atoms with Crippen LogP contribution in [0.1, 0.15) is 12.0 Å². The molecule has 0 radical (unpaired) electrons. The number of hydrogen-bond acceptors (Lipinski definition) is 3. The van der Waals surface area contributed by atoms with Crippen molar-refractivity contribution in [3.05, 3.63) is 29.6 Å². The molecule has 2 atom stereocenters. The van der Waals surface area contributed by atoms with Gasteiger partial charge in [-0.1, -0.05) is 6.07 Å². The Balaban J connectivity index is 1.74. The van der Waals surface area contributed by atoms with Crippen molar-refractivity contribution in [2.24, 2.45) is 5.92 Å². The molecule has 0 spiro atoms. The van der Waals surface area contributed by atoms with Gasteiger partial charge in [-0.05, 0) is 30.5 Å². The molecule has 4 heteroatoms. The van der Waals surface area contributed by atoms with Gasteiger partial charge in [-0.25, -0.2) is 4.39 Å². The molecule has 0 saturated carbocycles. The second kappa shape index (κ2) is 4.86. The van der Waals surface area contributed by atoms with Gasteiger partial charge in [-0.3, -0.25) is 0 Å². The number of halogens is 1. The molecular weight excluding hydrogens is 233 g/mol. The van der Waals surface area contributed by atoms with Gasteiger partial charge in [0, 0.05) is 31.3 Å². The van der Waals surface area contributed by atoms with Crippen LogP contribution in [0.2, 0.25) is 0 Å². The van der Waals surface area contributed by atoms with Gasteiger partial charge >= 0.3 is 0 Å². The molecule has 0 aromatic heterocycles. The average Bonchev–Trinajstić information content (AvgIpc) is 2.75. The summed E-state index contributed by atoms with van der Waals surface area (Å²) in [6.07, 6.45) is 1.37. The van der Waals surface area contributed by atoms with Crippen molar-refractivity contribution in [1.82, 2.24) is 0 Å². The molecule has 98 valence electrons. The summed E-state index contributed by atoms with van der Waals surface area (Å²) < 4.78 is 18.7. The third-order valence-electron chi connectivity index (χ3n) is 3.93. The molecule has 2 aliphatic rings. The zero-order valence-corrected chi connectivity index (χ0v) is 10.3. The van der Waals surface area contributed by atoms with Crippen molar-refractivity contribution in [2.45, 2.75) is 18.9 Å². The van der Waals surface area contributed by atoms with E-state index in [4.69, 9.17) is 4.74 Å². The third kappa shape index (κ3) is 2.22. The standard InChI is InChI=1S/C14H18FNO2/c15-12-2-1-10-3-5-16(13(10)7-12)8-11-9-18-6-4-14(11)17/h1-2,7,11,14,17H,3-6,8-9H2. The molecule has 0 amide bonds. The third-order valence-corrected chi connectivity index (χ3v) is 3.93. The number of fused-ring (bicyclic) bond motifs is 1. The van der Waals surface area contributed by atoms with Crippen LogP contribution in [0.3, 0.4) is 0 Å². The van der Waals surface area contributed by atoms with Gasteiger partial charge in [0.2, 0.25) is 0 Å². The van der Waals surface area contributed by atoms with E-state index in [1.807, 2.05) is 6.07 Å². The first-order valence-electron chi connectivity index (χ1n) is 6.53. The van der Waals surface area contributed by atoms with E-state index >= 15 is 0 Å². The lowest BCUT2D eigenvalue weighted by Crippen LogP contribution is -2.40. The van der Waals surface area contributed by atoms with Gasteiger partial charge in [0.25, 0.3) is 0 Å². The highest BCUT2D eigenvalue weighted by Crippen LogP contribution is 2.30. The van der Waals surface area contributed by atoms with Crippen LogP contribution < -0.4 is 4.90 Å². The number of ether oxygens (including phenoxy) is 1. The van der Waals surface area contributed by atoms with Crippen LogP contribution in [0.15, 0.2) is 18.2 Å². The average molecular weight is 251 g/mol. The van der Waals surface area contributed by atoms with Gasteiger partial charge in [0.1, 0.15) is 5.82 Å². The van der Waals surface area contributed by atoms with Crippen molar-refractivity contribution < 1.29 is 14.2 Å². The summed E-state index contributed by atoms with van der Waals surface area (Å²) in [6.45, 7) is 2.89. The fraction of sp³-hybridized carbons (Fsp3) is 0.571. The number of anilines is 1. The van der Waals surface area contributed by atoms with E-state index in [9.17, 15) is 9.50 Å². The van der Waals surface area contributed by atoms with Gasteiger partial charge in [0.05, 0.1) is 12.7 Å². The summed E-state index contributed by atoms with van der Waals surface area (Å²) in [4.78, 5) is 2.17. The smallest absolute Gasteiger partial charge is 0.125 e. The Morgan fingerprint density at radius 3 is 3.17 bits per heavy atom. The summed E-state index contributed by atoms with van der Waals surface area (Å²) in [5.41, 5.74) is 2.18. The molecule has 2 aliphatic heterocycles. The maximum absolute atomic E-state index is 13.3. The van der Waals surface area contributed by atoms with Crippen LogP contribution in [0, 0.1) is 11.7 Å². The van der Waals surface area contributed by atoms with Crippen molar-refractivity contribution in [1.29, 1.82) is 0 Å². The van der Waals surface area contributed by atoms with Gasteiger partial charge in [-0.15, -0.1) is 0 Å². The summed E-state index contributed by atoms with van der Waals surface area (Å²) in [6, 6.07) is 4.97. The topological polar surface area (TPSA) is 32.7 Å². The van der Waals surface area contributed by atoms with Crippen LogP contribution in [0.5, 0.6) is 0 Å². The highest BCUT2D eigenvalue weighted by molar-refractivity contribution is 5.58. The van der Waals surface area contributed by atoms with Crippen molar-refractivity contribution in [2.75, 3.05) is 31.2 Å². The quantitative estimate of drug-likeness (QED) is 0.866. The lowest BCUT2D eigenvalue weighted by Gasteiger charge is -2.32. The van der Waals surface area contributed by atoms with Crippen LogP contribution in [0.25, 0.3) is 0 Å². The largest absolute Gasteiger partial charge is 0.393 e. The minimum absolute atomic E-state index is 0.132. The van der Waals surface area contributed by atoms with Crippen LogP contribution in [-0.2, 0) is 11.2 Å². The molecule has 1 fully saturated rings. The highest BCUT2D eigenvalue weighted by atomic mass is 19.1. The number of hydrogen-bond donors (Lipinski definition) is 1. The van der Waals surface area contributed by atoms with E-state index in [0.717, 1.165) is 25.2 Å². The second-order valence-electron chi connectivity index (χ2n) is 5.16. The van der Waals surface area contributed by atoms with Crippen molar-refractivity contribution in [3.8, 4) is 0 Å². The van der Waals surface area contributed by atoms with Crippen molar-refractivity contribution >= 4 is 5.69 Å². The van der Waals surface area contributed by atoms with Crippen LogP contribution in [0.4, 0.5) is 10.1 Å². The molecule has 2 unspecified atom stereocenters. The summed E-state index contributed by atoms with van der Waals surface area (Å²) in [5.74, 6) is -0.0611. The molecule has 2 heterocycles. The predicted octanol–water partition coefficient (Wildman–Crippen LogP) is 1.59. The molecule has 1 aromatic carbocycles. The number of benzene rings is 1. The van der Waals surface area contributed by atoms with Crippen molar-refractivity contribution in [3.63, 3.8) is 0 Å². The summed E-state index contributed by atoms with van der Waals surface area (Å²) in [7, 11) is 0. The van der Waals surface area contributed by atoms with Crippen LogP contribution in [-0.4, -0.2) is 37.5 Å². The first kappa shape index (κ1) is 11.9. The van der Waals surface area contributed by atoms with Gasteiger partial charge < -0.3 is 14.7 Å². The SMILES string of the molecule is OC1CCOCC1CN1CCc2ccc(F)cc21. The fourth-order valence-corrected chi connectivity index (χ4v) is 2.85. The van der Waals surface area contributed by atoms with E-state index in [1.54, 1.807) is 6.07 Å². The van der Waals surface area contributed by atoms with Crippen LogP contribution >= 0.6 is 0 Å². The molecule has 1 N–H and O–H groups in total. The minimum atomic E-state index is -0.295. The molecule has 0 aliphatic carbocycles. The molecule has 1 saturated heterocycles. The first-order valence-corrected chi connectivity index (χ1v) is 6.53. The molecular formula is C14H18FNO2. The lowest BCUT2D eigenvalue weighted by molar-refractivity contribution is -0.0322. The number of aliphatic hydroxyl groups excluding tert-OH is 1. The monoisotopic (exact) mass is 251 g/mol. The summed E-state index contributed by atoms with van der Waals surface area (Å²) in [5, 5.41) is 9.95. The Labute approximate surface area is 106 Å². The zero-order valence-electron chi connectivity index (χ0n) is 10.3. The Kier molecular flexibility index (Phi) is 3.22. The van der Waals surface area contributed by atoms with Gasteiger partial charge in [-0.2, -0.15) is 0 Å². The molecule has 3 rings (SSSR count). The maximum Gasteiger partial charge on any atom is 0.125 e. The molecule has 3 nitrogen and oxygen atoms in total. The normalized spacial score (nSPS) is 27.3. The van der Waals surface area contributed by atoms with E-state index in [1.165, 1.54) is 11.6 Å². The number of nitrogens with zero attached hydrogens (tertiary/aromatic N) is 1. The minimum Gasteiger partial charge on any atom is -0.393 e. The Morgan fingerprint density at radius 1 is 1.44 bits per heavy atom. The highest BCUT2D eigenvalue weighted by Gasteiger charge is 2.28. The zero-order chi connectivity index (χ0) is 12.5. The maximum atomic E-state index is 13.3. The van der Waals surface area contributed by atoms with Gasteiger partial charge in [0.15, 0.2) is 0 Å². The lowest BCUT2D eigenvalue weighted by atomic mass is 9.98. The predicted molar refractivity (Wildman–Crippen MR) is 67.2 cm³/mol. The number of rotatable bonds is 2. The van der Waals surface area contributed by atoms with E-state index < -0.39 is 0 Å². The van der Waals surface area contributed by atoms with E-state index in [0.29, 0.717) is 19.6 Å². The first-order chi connectivity index (χ1) is 8.74. The Bertz CT molecular complexity index is 438.